The summed E-state index contributed by atoms with van der Waals surface area (Å²) in [6.07, 6.45) is -0.419. The van der Waals surface area contributed by atoms with Crippen LogP contribution in [0.4, 0.5) is 4.79 Å². The number of nitrogens with two attached hydrogens (primary N) is 1. The van der Waals surface area contributed by atoms with Gasteiger partial charge < -0.3 is 24.8 Å². The number of hydrogen-bond acceptors (Lipinski definition) is 5. The lowest BCUT2D eigenvalue weighted by Gasteiger charge is -2.30. The maximum atomic E-state index is 12.2. The van der Waals surface area contributed by atoms with Crippen LogP contribution in [-0.2, 0) is 4.74 Å². The molecule has 0 radical (unpaired) electrons. The summed E-state index contributed by atoms with van der Waals surface area (Å²) in [5.41, 5.74) is 6.15. The van der Waals surface area contributed by atoms with Gasteiger partial charge in [0.2, 0.25) is 0 Å². The van der Waals surface area contributed by atoms with Gasteiger partial charge >= 0.3 is 6.09 Å². The lowest BCUT2D eigenvalue weighted by atomic mass is 10.1. The maximum absolute atomic E-state index is 12.2. The summed E-state index contributed by atoms with van der Waals surface area (Å²) in [6, 6.07) is 5.16. The Hall–Kier alpha value is -1.95. The number of likely N-dealkylation sites (N-methyl/N-ethyl adjacent to an activating group) is 1. The second-order valence-corrected chi connectivity index (χ2v) is 5.96. The van der Waals surface area contributed by atoms with Crippen molar-refractivity contribution in [3.8, 4) is 11.5 Å². The zero-order chi connectivity index (χ0) is 16.9. The molecule has 1 amide bonds. The Kier molecular flexibility index (Phi) is 6.05. The molecular formula is C16H26N2O4. The molecule has 0 spiro atoms. The normalized spacial score (nSPS) is 12.5. The minimum absolute atomic E-state index is 0.269. The Bertz CT molecular complexity index is 511. The Morgan fingerprint density at radius 3 is 2.27 bits per heavy atom. The van der Waals surface area contributed by atoms with Crippen LogP contribution in [0.2, 0.25) is 0 Å². The standard InChI is InChI=1S/C16H26N2O4/c1-16(2,3)22-15(19)18(4)12(10-17)11-7-8-13(20-5)14(9-11)21-6/h7-9,12H,10,17H2,1-6H3. The largest absolute Gasteiger partial charge is 0.493 e. The highest BCUT2D eigenvalue weighted by Crippen LogP contribution is 2.31. The van der Waals surface area contributed by atoms with E-state index in [4.69, 9.17) is 19.9 Å². The highest BCUT2D eigenvalue weighted by molar-refractivity contribution is 5.68. The zero-order valence-corrected chi connectivity index (χ0v) is 14.2. The SMILES string of the molecule is COc1ccc(C(CN)N(C)C(=O)OC(C)(C)C)cc1OC. The van der Waals surface area contributed by atoms with Crippen LogP contribution < -0.4 is 15.2 Å². The second-order valence-electron chi connectivity index (χ2n) is 5.96. The third-order valence-electron chi connectivity index (χ3n) is 3.16. The highest BCUT2D eigenvalue weighted by Gasteiger charge is 2.26. The molecule has 0 saturated carbocycles. The maximum Gasteiger partial charge on any atom is 0.410 e. The van der Waals surface area contributed by atoms with Gasteiger partial charge in [-0.25, -0.2) is 4.79 Å². The number of hydrogen-bond donors (Lipinski definition) is 1. The number of nitrogens with zero attached hydrogens (tertiary/aromatic N) is 1. The van der Waals surface area contributed by atoms with Gasteiger partial charge in [-0.2, -0.15) is 0 Å². The van der Waals surface area contributed by atoms with Crippen LogP contribution in [0.15, 0.2) is 18.2 Å². The van der Waals surface area contributed by atoms with E-state index in [1.54, 1.807) is 27.3 Å². The van der Waals surface area contributed by atoms with E-state index < -0.39 is 11.7 Å². The summed E-state index contributed by atoms with van der Waals surface area (Å²) in [5.74, 6) is 1.22. The van der Waals surface area contributed by atoms with Crippen molar-refractivity contribution in [1.29, 1.82) is 0 Å². The van der Waals surface area contributed by atoms with E-state index >= 15 is 0 Å². The number of benzene rings is 1. The molecule has 1 rings (SSSR count). The molecule has 1 aromatic carbocycles. The molecule has 1 atom stereocenters. The number of amides is 1. The molecule has 0 heterocycles. The third kappa shape index (κ3) is 4.53. The molecule has 0 bridgehead atoms. The van der Waals surface area contributed by atoms with Gasteiger partial charge in [0.25, 0.3) is 0 Å². The second kappa shape index (κ2) is 7.35. The first-order valence-corrected chi connectivity index (χ1v) is 7.11. The van der Waals surface area contributed by atoms with Crippen LogP contribution >= 0.6 is 0 Å². The van der Waals surface area contributed by atoms with E-state index in [-0.39, 0.29) is 12.6 Å². The van der Waals surface area contributed by atoms with Crippen LogP contribution in [0.5, 0.6) is 11.5 Å². The van der Waals surface area contributed by atoms with Gasteiger partial charge in [0.05, 0.1) is 20.3 Å². The first-order valence-electron chi connectivity index (χ1n) is 7.11. The van der Waals surface area contributed by atoms with E-state index in [0.29, 0.717) is 11.5 Å². The number of carbonyl (C=O) groups is 1. The van der Waals surface area contributed by atoms with Gasteiger partial charge in [-0.3, -0.25) is 0 Å². The van der Waals surface area contributed by atoms with Crippen molar-refractivity contribution < 1.29 is 19.0 Å². The van der Waals surface area contributed by atoms with Gasteiger partial charge in [0, 0.05) is 13.6 Å². The molecule has 0 aromatic heterocycles. The minimum Gasteiger partial charge on any atom is -0.493 e. The summed E-state index contributed by atoms with van der Waals surface area (Å²) in [6.45, 7) is 5.75. The molecular weight excluding hydrogens is 284 g/mol. The van der Waals surface area contributed by atoms with Gasteiger partial charge in [0.1, 0.15) is 5.60 Å². The number of rotatable bonds is 5. The lowest BCUT2D eigenvalue weighted by molar-refractivity contribution is 0.0225. The van der Waals surface area contributed by atoms with Gasteiger partial charge in [-0.05, 0) is 38.5 Å². The quantitative estimate of drug-likeness (QED) is 0.904. The Morgan fingerprint density at radius 1 is 1.23 bits per heavy atom. The predicted molar refractivity (Wildman–Crippen MR) is 85.3 cm³/mol. The number of ether oxygens (including phenoxy) is 3. The molecule has 0 saturated heterocycles. The highest BCUT2D eigenvalue weighted by atomic mass is 16.6. The van der Waals surface area contributed by atoms with Gasteiger partial charge in [0.15, 0.2) is 11.5 Å². The summed E-state index contributed by atoms with van der Waals surface area (Å²) >= 11 is 0. The molecule has 1 aromatic rings. The molecule has 124 valence electrons. The lowest BCUT2D eigenvalue weighted by Crippen LogP contribution is -2.39. The first kappa shape index (κ1) is 18.1. The smallest absolute Gasteiger partial charge is 0.410 e. The molecule has 0 aliphatic carbocycles. The van der Waals surface area contributed by atoms with Crippen molar-refractivity contribution in [2.75, 3.05) is 27.8 Å². The van der Waals surface area contributed by atoms with Crippen LogP contribution in [0.3, 0.4) is 0 Å². The average Bonchev–Trinajstić information content (AvgIpc) is 2.45. The molecule has 6 nitrogen and oxygen atoms in total. The van der Waals surface area contributed by atoms with Crippen LogP contribution in [0.1, 0.15) is 32.4 Å². The van der Waals surface area contributed by atoms with Crippen molar-refractivity contribution in [1.82, 2.24) is 4.90 Å². The third-order valence-corrected chi connectivity index (χ3v) is 3.16. The van der Waals surface area contributed by atoms with Crippen molar-refractivity contribution in [2.45, 2.75) is 32.4 Å². The van der Waals surface area contributed by atoms with E-state index in [1.807, 2.05) is 32.9 Å². The summed E-state index contributed by atoms with van der Waals surface area (Å²) < 4.78 is 15.9. The van der Waals surface area contributed by atoms with Crippen molar-refractivity contribution in [3.63, 3.8) is 0 Å². The molecule has 0 fully saturated rings. The zero-order valence-electron chi connectivity index (χ0n) is 14.2. The summed E-state index contributed by atoms with van der Waals surface area (Å²) in [5, 5.41) is 0. The monoisotopic (exact) mass is 310 g/mol. The van der Waals surface area contributed by atoms with E-state index in [9.17, 15) is 4.79 Å². The fraction of sp³-hybridized carbons (Fsp3) is 0.562. The first-order chi connectivity index (χ1) is 10.2. The van der Waals surface area contributed by atoms with Gasteiger partial charge in [-0.15, -0.1) is 0 Å². The topological polar surface area (TPSA) is 74.0 Å². The van der Waals surface area contributed by atoms with Crippen molar-refractivity contribution in [3.05, 3.63) is 23.8 Å². The van der Waals surface area contributed by atoms with Crippen LogP contribution in [0, 0.1) is 0 Å². The Balaban J connectivity index is 3.02. The Labute approximate surface area is 132 Å². The number of methoxy groups -OCH3 is 2. The molecule has 2 N–H and O–H groups in total. The van der Waals surface area contributed by atoms with E-state index in [0.717, 1.165) is 5.56 Å². The van der Waals surface area contributed by atoms with Crippen LogP contribution in [0.25, 0.3) is 0 Å². The fourth-order valence-electron chi connectivity index (χ4n) is 2.04. The Morgan fingerprint density at radius 2 is 1.82 bits per heavy atom. The predicted octanol–water partition coefficient (Wildman–Crippen LogP) is 2.57. The van der Waals surface area contributed by atoms with Crippen molar-refractivity contribution in [2.24, 2.45) is 5.73 Å². The fourth-order valence-corrected chi connectivity index (χ4v) is 2.04. The van der Waals surface area contributed by atoms with E-state index in [2.05, 4.69) is 0 Å². The van der Waals surface area contributed by atoms with Gasteiger partial charge in [-0.1, -0.05) is 6.07 Å². The van der Waals surface area contributed by atoms with E-state index in [1.165, 1.54) is 4.90 Å². The summed E-state index contributed by atoms with van der Waals surface area (Å²) in [4.78, 5) is 13.7. The van der Waals surface area contributed by atoms with Crippen LogP contribution in [-0.4, -0.2) is 44.4 Å². The average molecular weight is 310 g/mol. The molecule has 22 heavy (non-hydrogen) atoms. The van der Waals surface area contributed by atoms with Crippen molar-refractivity contribution >= 4 is 6.09 Å². The minimum atomic E-state index is -0.553. The number of carbonyl (C=O) groups excluding carboxylic acids is 1. The molecule has 1 unspecified atom stereocenters. The summed E-state index contributed by atoms with van der Waals surface area (Å²) in [7, 11) is 4.81. The molecule has 0 aliphatic heterocycles. The molecule has 0 aliphatic rings. The molecule has 6 heteroatoms.